The van der Waals surface area contributed by atoms with E-state index in [1.807, 2.05) is 20.8 Å². The van der Waals surface area contributed by atoms with Crippen LogP contribution in [0.5, 0.6) is 0 Å². The van der Waals surface area contributed by atoms with Crippen molar-refractivity contribution in [2.24, 2.45) is 0 Å². The van der Waals surface area contributed by atoms with Crippen LogP contribution in [0.1, 0.15) is 43.3 Å². The second-order valence-electron chi connectivity index (χ2n) is 4.89. The lowest BCUT2D eigenvalue weighted by molar-refractivity contribution is -0.120. The predicted octanol–water partition coefficient (Wildman–Crippen LogP) is 1.19. The number of carbonyl (C=O) groups excluding carboxylic acids is 2. The maximum absolute atomic E-state index is 12.0. The Morgan fingerprint density at radius 2 is 2.00 bits per heavy atom. The number of hydrogen-bond acceptors (Lipinski definition) is 6. The van der Waals surface area contributed by atoms with Crippen LogP contribution in [0.25, 0.3) is 0 Å². The number of nitrogens with one attached hydrogen (secondary N) is 3. The Hall–Kier alpha value is -1.83. The monoisotopic (exact) mass is 313 g/mol. The van der Waals surface area contributed by atoms with Gasteiger partial charge in [0.2, 0.25) is 5.91 Å². The van der Waals surface area contributed by atoms with Crippen molar-refractivity contribution in [2.45, 2.75) is 39.7 Å². The van der Waals surface area contributed by atoms with Crippen molar-refractivity contribution in [3.63, 3.8) is 0 Å². The fourth-order valence-electron chi connectivity index (χ4n) is 1.53. The fourth-order valence-corrected chi connectivity index (χ4v) is 2.47. The topological polar surface area (TPSA) is 109 Å². The van der Waals surface area contributed by atoms with Gasteiger partial charge in [-0.15, -0.1) is 0 Å². The zero-order chi connectivity index (χ0) is 15.8. The maximum Gasteiger partial charge on any atom is 0.265 e. The maximum atomic E-state index is 12.0. The molecule has 7 nitrogen and oxygen atoms in total. The van der Waals surface area contributed by atoms with E-state index in [0.29, 0.717) is 16.6 Å². The smallest absolute Gasteiger partial charge is 0.265 e. The summed E-state index contributed by atoms with van der Waals surface area (Å²) in [6.07, 6.45) is 1.14. The average Bonchev–Trinajstić information content (AvgIpc) is 2.76. The highest BCUT2D eigenvalue weighted by Gasteiger charge is 2.16. The molecule has 21 heavy (non-hydrogen) atoms. The van der Waals surface area contributed by atoms with Gasteiger partial charge >= 0.3 is 0 Å². The van der Waals surface area contributed by atoms with Gasteiger partial charge in [0.05, 0.1) is 0 Å². The third-order valence-corrected chi connectivity index (χ3v) is 3.48. The molecule has 0 aliphatic heterocycles. The normalized spacial score (nSPS) is 10.5. The molecule has 8 heteroatoms. The second kappa shape index (κ2) is 8.46. The van der Waals surface area contributed by atoms with Gasteiger partial charge in [-0.25, -0.2) is 4.98 Å². The van der Waals surface area contributed by atoms with E-state index >= 15 is 0 Å². The number of nitrogen functional groups attached to an aromatic ring is 1. The quantitative estimate of drug-likeness (QED) is 0.576. The zero-order valence-corrected chi connectivity index (χ0v) is 13.5. The van der Waals surface area contributed by atoms with Gasteiger partial charge in [0.1, 0.15) is 10.7 Å². The van der Waals surface area contributed by atoms with Crippen LogP contribution in [0.4, 0.5) is 10.9 Å². The number of anilines is 2. The Morgan fingerprint density at radius 3 is 2.62 bits per heavy atom. The lowest BCUT2D eigenvalue weighted by atomic mass is 10.3. The number of aromatic nitrogens is 1. The van der Waals surface area contributed by atoms with Crippen molar-refractivity contribution in [1.82, 2.24) is 15.6 Å². The fraction of sp³-hybridized carbons (Fsp3) is 0.615. The molecule has 1 aromatic rings. The van der Waals surface area contributed by atoms with E-state index in [-0.39, 0.29) is 36.6 Å². The van der Waals surface area contributed by atoms with Crippen molar-refractivity contribution in [2.75, 3.05) is 24.1 Å². The van der Waals surface area contributed by atoms with Crippen molar-refractivity contribution >= 4 is 34.1 Å². The summed E-state index contributed by atoms with van der Waals surface area (Å²) in [4.78, 5) is 27.9. The van der Waals surface area contributed by atoms with E-state index in [2.05, 4.69) is 20.9 Å². The zero-order valence-electron chi connectivity index (χ0n) is 12.7. The Kier molecular flexibility index (Phi) is 6.93. The number of nitrogens with two attached hydrogens (primary N) is 1. The molecule has 0 aliphatic carbocycles. The predicted molar refractivity (Wildman–Crippen MR) is 85.5 cm³/mol. The van der Waals surface area contributed by atoms with E-state index in [9.17, 15) is 9.59 Å². The summed E-state index contributed by atoms with van der Waals surface area (Å²) >= 11 is 1.21. The van der Waals surface area contributed by atoms with Gasteiger partial charge in [0, 0.05) is 25.6 Å². The van der Waals surface area contributed by atoms with Gasteiger partial charge in [-0.2, -0.15) is 0 Å². The van der Waals surface area contributed by atoms with E-state index in [1.165, 1.54) is 11.3 Å². The minimum Gasteiger partial charge on any atom is -0.382 e. The lowest BCUT2D eigenvalue weighted by Gasteiger charge is -2.05. The molecule has 5 N–H and O–H groups in total. The molecular formula is C13H23N5O2S. The van der Waals surface area contributed by atoms with E-state index < -0.39 is 0 Å². The molecule has 0 aliphatic rings. The number of hydrogen-bond donors (Lipinski definition) is 4. The van der Waals surface area contributed by atoms with Gasteiger partial charge in [-0.3, -0.25) is 9.59 Å². The van der Waals surface area contributed by atoms with Crippen LogP contribution in [0.15, 0.2) is 0 Å². The molecule has 0 bridgehead atoms. The summed E-state index contributed by atoms with van der Waals surface area (Å²) in [6.45, 7) is 6.87. The van der Waals surface area contributed by atoms with Gasteiger partial charge in [0.25, 0.3) is 5.91 Å². The van der Waals surface area contributed by atoms with Gasteiger partial charge in [0.15, 0.2) is 5.13 Å². The minimum atomic E-state index is -0.301. The van der Waals surface area contributed by atoms with Crippen LogP contribution >= 0.6 is 11.3 Å². The Labute approximate surface area is 128 Å². The van der Waals surface area contributed by atoms with Crippen LogP contribution in [0, 0.1) is 0 Å². The Morgan fingerprint density at radius 1 is 1.29 bits per heavy atom. The highest BCUT2D eigenvalue weighted by molar-refractivity contribution is 7.18. The molecule has 0 saturated carbocycles. The van der Waals surface area contributed by atoms with Crippen LogP contribution in [0.2, 0.25) is 0 Å². The number of amides is 2. The van der Waals surface area contributed by atoms with Crippen LogP contribution < -0.4 is 21.7 Å². The van der Waals surface area contributed by atoms with E-state index in [1.54, 1.807) is 0 Å². The molecule has 0 radical (unpaired) electrons. The third kappa shape index (κ3) is 5.99. The lowest BCUT2D eigenvalue weighted by Crippen LogP contribution is -2.31. The first-order valence-corrected chi connectivity index (χ1v) is 7.83. The van der Waals surface area contributed by atoms with Gasteiger partial charge in [-0.05, 0) is 20.3 Å². The Balaban J connectivity index is 2.45. The molecule has 2 amide bonds. The first kappa shape index (κ1) is 17.2. The molecule has 118 valence electrons. The summed E-state index contributed by atoms with van der Waals surface area (Å²) < 4.78 is 0. The standard InChI is InChI=1S/C13H23N5O2S/c1-4-6-15-9(19)5-7-16-12(20)10-11(14)18-13(21-10)17-8(2)3/h8H,4-7,14H2,1-3H3,(H,15,19)(H,16,20)(H,17,18). The van der Waals surface area contributed by atoms with Crippen molar-refractivity contribution in [1.29, 1.82) is 0 Å². The molecular weight excluding hydrogens is 290 g/mol. The minimum absolute atomic E-state index is 0.0726. The van der Waals surface area contributed by atoms with Gasteiger partial charge in [-0.1, -0.05) is 18.3 Å². The van der Waals surface area contributed by atoms with Crippen LogP contribution in [0.3, 0.4) is 0 Å². The van der Waals surface area contributed by atoms with Gasteiger partial charge < -0.3 is 21.7 Å². The van der Waals surface area contributed by atoms with Crippen molar-refractivity contribution in [3.05, 3.63) is 4.88 Å². The summed E-state index contributed by atoms with van der Waals surface area (Å²) in [5, 5.41) is 9.15. The summed E-state index contributed by atoms with van der Waals surface area (Å²) in [7, 11) is 0. The highest BCUT2D eigenvalue weighted by atomic mass is 32.1. The number of nitrogens with zero attached hydrogens (tertiary/aromatic N) is 1. The summed E-state index contributed by atoms with van der Waals surface area (Å²) in [5.74, 6) is -0.169. The summed E-state index contributed by atoms with van der Waals surface area (Å²) in [6, 6.07) is 0.216. The third-order valence-electron chi connectivity index (χ3n) is 2.48. The summed E-state index contributed by atoms with van der Waals surface area (Å²) in [5.41, 5.74) is 5.73. The molecule has 0 saturated heterocycles. The first-order valence-electron chi connectivity index (χ1n) is 7.01. The second-order valence-corrected chi connectivity index (χ2v) is 5.89. The van der Waals surface area contributed by atoms with Crippen LogP contribution in [-0.4, -0.2) is 35.9 Å². The van der Waals surface area contributed by atoms with E-state index in [0.717, 1.165) is 6.42 Å². The number of carbonyl (C=O) groups is 2. The van der Waals surface area contributed by atoms with E-state index in [4.69, 9.17) is 5.73 Å². The molecule has 1 rings (SSSR count). The highest BCUT2D eigenvalue weighted by Crippen LogP contribution is 2.25. The van der Waals surface area contributed by atoms with Crippen molar-refractivity contribution < 1.29 is 9.59 Å². The largest absolute Gasteiger partial charge is 0.382 e. The molecule has 0 aromatic carbocycles. The molecule has 0 fully saturated rings. The molecule has 1 aromatic heterocycles. The number of thiazole rings is 1. The van der Waals surface area contributed by atoms with Crippen LogP contribution in [-0.2, 0) is 4.79 Å². The molecule has 1 heterocycles. The SMILES string of the molecule is CCCNC(=O)CCNC(=O)c1sc(NC(C)C)nc1N. The number of rotatable bonds is 8. The molecule has 0 unspecified atom stereocenters. The average molecular weight is 313 g/mol. The van der Waals surface area contributed by atoms with Crippen molar-refractivity contribution in [3.8, 4) is 0 Å². The first-order chi connectivity index (χ1) is 9.93. The Bertz CT molecular complexity index is 487. The molecule has 0 atom stereocenters. The molecule has 0 spiro atoms.